The summed E-state index contributed by atoms with van der Waals surface area (Å²) in [5.74, 6) is 1.14. The lowest BCUT2D eigenvalue weighted by Gasteiger charge is -2.27. The van der Waals surface area contributed by atoms with E-state index < -0.39 is 0 Å². The lowest BCUT2D eigenvalue weighted by Crippen LogP contribution is -2.29. The second-order valence-electron chi connectivity index (χ2n) is 9.61. The number of nitrogens with one attached hydrogen (secondary N) is 1. The highest BCUT2D eigenvalue weighted by atomic mass is 16.5. The van der Waals surface area contributed by atoms with Crippen molar-refractivity contribution in [2.75, 3.05) is 7.11 Å². The number of hydrogen-bond donors (Lipinski definition) is 1. The minimum absolute atomic E-state index is 0.104. The zero-order valence-corrected chi connectivity index (χ0v) is 21.8. The molecule has 1 N–H and O–H groups in total. The van der Waals surface area contributed by atoms with E-state index in [1.165, 1.54) is 0 Å². The van der Waals surface area contributed by atoms with Crippen molar-refractivity contribution >= 4 is 5.91 Å². The number of methoxy groups -OCH3 is 1. The van der Waals surface area contributed by atoms with Crippen molar-refractivity contribution in [1.29, 1.82) is 0 Å². The van der Waals surface area contributed by atoms with Crippen molar-refractivity contribution in [3.05, 3.63) is 131 Å². The van der Waals surface area contributed by atoms with Gasteiger partial charge in [-0.05, 0) is 41.8 Å². The van der Waals surface area contributed by atoms with E-state index in [9.17, 15) is 4.79 Å². The van der Waals surface area contributed by atoms with E-state index >= 15 is 0 Å². The third-order valence-electron chi connectivity index (χ3n) is 7.01. The zero-order valence-electron chi connectivity index (χ0n) is 21.8. The lowest BCUT2D eigenvalue weighted by molar-refractivity contribution is 0.0729. The van der Waals surface area contributed by atoms with Crippen LogP contribution in [0.4, 0.5) is 0 Å². The van der Waals surface area contributed by atoms with Gasteiger partial charge in [0.1, 0.15) is 12.3 Å². The first kappa shape index (κ1) is 24.4. The third-order valence-corrected chi connectivity index (χ3v) is 7.01. The van der Waals surface area contributed by atoms with Crippen LogP contribution in [0, 0.1) is 6.92 Å². The van der Waals surface area contributed by atoms with Gasteiger partial charge in [-0.3, -0.25) is 14.9 Å². The summed E-state index contributed by atoms with van der Waals surface area (Å²) in [5, 5.41) is 7.62. The Labute approximate surface area is 227 Å². The minimum atomic E-state index is -0.375. The van der Waals surface area contributed by atoms with Gasteiger partial charge in [0.25, 0.3) is 5.91 Å². The molecular formula is C32H28N4O3. The average molecular weight is 517 g/mol. The molecule has 1 aliphatic rings. The van der Waals surface area contributed by atoms with Gasteiger partial charge in [-0.2, -0.15) is 5.10 Å². The molecule has 0 aliphatic carbocycles. The second-order valence-corrected chi connectivity index (χ2v) is 9.61. The minimum Gasteiger partial charge on any atom is -0.493 e. The fourth-order valence-electron chi connectivity index (χ4n) is 5.03. The summed E-state index contributed by atoms with van der Waals surface area (Å²) in [7, 11) is 1.63. The van der Waals surface area contributed by atoms with Gasteiger partial charge in [-0.15, -0.1) is 0 Å². The molecule has 3 heterocycles. The first-order valence-corrected chi connectivity index (χ1v) is 12.8. The molecule has 1 unspecified atom stereocenters. The molecule has 0 radical (unpaired) electrons. The second kappa shape index (κ2) is 10.5. The van der Waals surface area contributed by atoms with Crippen LogP contribution in [0.1, 0.15) is 44.3 Å². The number of fused-ring (bicyclic) bond motifs is 1. The number of aromatic amines is 1. The molecule has 2 aromatic heterocycles. The van der Waals surface area contributed by atoms with Crippen LogP contribution in [0.15, 0.2) is 97.3 Å². The Morgan fingerprint density at radius 2 is 1.72 bits per heavy atom. The van der Waals surface area contributed by atoms with Gasteiger partial charge in [0.2, 0.25) is 0 Å². The van der Waals surface area contributed by atoms with Crippen molar-refractivity contribution in [2.24, 2.45) is 0 Å². The van der Waals surface area contributed by atoms with Crippen molar-refractivity contribution in [3.8, 4) is 22.8 Å². The molecule has 194 valence electrons. The van der Waals surface area contributed by atoms with E-state index in [1.54, 1.807) is 19.5 Å². The molecule has 0 bridgehead atoms. The van der Waals surface area contributed by atoms with Crippen LogP contribution in [0.3, 0.4) is 0 Å². The highest BCUT2D eigenvalue weighted by Crippen LogP contribution is 2.45. The Kier molecular flexibility index (Phi) is 6.55. The number of benzene rings is 3. The summed E-state index contributed by atoms with van der Waals surface area (Å²) in [6.07, 6.45) is 3.52. The number of ether oxygens (including phenoxy) is 2. The molecule has 7 nitrogen and oxygen atoms in total. The normalized spacial score (nSPS) is 14.4. The number of rotatable bonds is 8. The van der Waals surface area contributed by atoms with Crippen LogP contribution in [-0.4, -0.2) is 33.1 Å². The maximum Gasteiger partial charge on any atom is 0.273 e. The molecule has 1 amide bonds. The van der Waals surface area contributed by atoms with Gasteiger partial charge in [0.15, 0.2) is 11.5 Å². The SMILES string of the molecule is COc1cc(C2c3c(-c4ccc(C)cc4)n[nH]c3C(=O)N2Cc2cccnc2)ccc1OCc1ccccc1. The number of aromatic nitrogens is 3. The Balaban J connectivity index is 1.41. The Morgan fingerprint density at radius 3 is 2.46 bits per heavy atom. The molecular weight excluding hydrogens is 488 g/mol. The maximum atomic E-state index is 13.7. The molecule has 0 saturated carbocycles. The summed E-state index contributed by atoms with van der Waals surface area (Å²) >= 11 is 0. The third kappa shape index (κ3) is 4.75. The fraction of sp³-hybridized carbons (Fsp3) is 0.156. The van der Waals surface area contributed by atoms with Crippen molar-refractivity contribution in [2.45, 2.75) is 26.1 Å². The van der Waals surface area contributed by atoms with Gasteiger partial charge < -0.3 is 14.4 Å². The van der Waals surface area contributed by atoms with Crippen molar-refractivity contribution < 1.29 is 14.3 Å². The number of aryl methyl sites for hydroxylation is 1. The molecule has 7 heteroatoms. The van der Waals surface area contributed by atoms with Gasteiger partial charge in [-0.1, -0.05) is 72.3 Å². The molecule has 1 aliphatic heterocycles. The zero-order chi connectivity index (χ0) is 26.8. The fourth-order valence-corrected chi connectivity index (χ4v) is 5.03. The lowest BCUT2D eigenvalue weighted by atomic mass is 9.95. The van der Waals surface area contributed by atoms with E-state index in [0.717, 1.165) is 39.1 Å². The summed E-state index contributed by atoms with van der Waals surface area (Å²) in [5.41, 5.74) is 7.15. The highest BCUT2D eigenvalue weighted by molar-refractivity contribution is 6.00. The van der Waals surface area contributed by atoms with Crippen molar-refractivity contribution in [3.63, 3.8) is 0 Å². The number of carbonyl (C=O) groups is 1. The quantitative estimate of drug-likeness (QED) is 0.269. The maximum absolute atomic E-state index is 13.7. The van der Waals surface area contributed by atoms with Gasteiger partial charge in [-0.25, -0.2) is 0 Å². The predicted molar refractivity (Wildman–Crippen MR) is 148 cm³/mol. The first-order valence-electron chi connectivity index (χ1n) is 12.8. The van der Waals surface area contributed by atoms with E-state index in [0.29, 0.717) is 30.3 Å². The van der Waals surface area contributed by atoms with Gasteiger partial charge in [0, 0.05) is 30.1 Å². The molecule has 0 fully saturated rings. The highest BCUT2D eigenvalue weighted by Gasteiger charge is 2.42. The predicted octanol–water partition coefficient (Wildman–Crippen LogP) is 6.11. The molecule has 3 aromatic carbocycles. The smallest absolute Gasteiger partial charge is 0.273 e. The van der Waals surface area contributed by atoms with Gasteiger partial charge >= 0.3 is 0 Å². The molecule has 6 rings (SSSR count). The molecule has 39 heavy (non-hydrogen) atoms. The largest absolute Gasteiger partial charge is 0.493 e. The summed E-state index contributed by atoms with van der Waals surface area (Å²) in [4.78, 5) is 19.9. The van der Waals surface area contributed by atoms with Crippen LogP contribution >= 0.6 is 0 Å². The van der Waals surface area contributed by atoms with Crippen LogP contribution in [0.25, 0.3) is 11.3 Å². The number of amides is 1. The molecule has 1 atom stereocenters. The Morgan fingerprint density at radius 1 is 0.923 bits per heavy atom. The van der Waals surface area contributed by atoms with Crippen molar-refractivity contribution in [1.82, 2.24) is 20.1 Å². The number of nitrogens with zero attached hydrogens (tertiary/aromatic N) is 3. The Bertz CT molecular complexity index is 1600. The monoisotopic (exact) mass is 516 g/mol. The number of carbonyl (C=O) groups excluding carboxylic acids is 1. The van der Waals surface area contributed by atoms with E-state index in [-0.39, 0.29) is 11.9 Å². The number of pyridine rings is 1. The first-order chi connectivity index (χ1) is 19.1. The molecule has 5 aromatic rings. The summed E-state index contributed by atoms with van der Waals surface area (Å²) in [6.45, 7) is 2.88. The summed E-state index contributed by atoms with van der Waals surface area (Å²) < 4.78 is 11.9. The van der Waals surface area contributed by atoms with Crippen LogP contribution in [0.5, 0.6) is 11.5 Å². The number of H-pyrrole nitrogens is 1. The van der Waals surface area contributed by atoms with E-state index in [4.69, 9.17) is 9.47 Å². The van der Waals surface area contributed by atoms with Crippen LogP contribution in [0.2, 0.25) is 0 Å². The standard InChI is InChI=1S/C32H28N4O3/c1-21-10-12-24(13-11-21)29-28-30(35-34-29)32(37)36(19-23-9-6-16-33-18-23)31(28)25-14-15-26(27(17-25)38-2)39-20-22-7-4-3-5-8-22/h3-18,31H,19-20H2,1-2H3,(H,34,35). The van der Waals surface area contributed by atoms with E-state index in [2.05, 4.69) is 34.2 Å². The van der Waals surface area contributed by atoms with Gasteiger partial charge in [0.05, 0.1) is 18.8 Å². The van der Waals surface area contributed by atoms with Crippen LogP contribution < -0.4 is 9.47 Å². The topological polar surface area (TPSA) is 80.3 Å². The Hall–Kier alpha value is -4.91. The average Bonchev–Trinajstić information content (AvgIpc) is 3.52. The molecule has 0 saturated heterocycles. The molecule has 0 spiro atoms. The van der Waals surface area contributed by atoms with Crippen LogP contribution in [-0.2, 0) is 13.2 Å². The number of hydrogen-bond acceptors (Lipinski definition) is 5. The summed E-state index contributed by atoms with van der Waals surface area (Å²) in [6, 6.07) is 27.5. The van der Waals surface area contributed by atoms with E-state index in [1.807, 2.05) is 77.7 Å².